The molecule has 3 heterocycles. The Morgan fingerprint density at radius 3 is 2.67 bits per heavy atom. The molecule has 0 aliphatic carbocycles. The van der Waals surface area contributed by atoms with Gasteiger partial charge in [-0.15, -0.1) is 0 Å². The van der Waals surface area contributed by atoms with E-state index in [1.807, 2.05) is 28.7 Å². The highest BCUT2D eigenvalue weighted by molar-refractivity contribution is 5.91. The van der Waals surface area contributed by atoms with Crippen molar-refractivity contribution in [1.29, 1.82) is 0 Å². The lowest BCUT2D eigenvalue weighted by Gasteiger charge is -2.31. The quantitative estimate of drug-likeness (QED) is 0.877. The molecule has 3 rings (SSSR count). The van der Waals surface area contributed by atoms with E-state index >= 15 is 0 Å². The number of carbonyl (C=O) groups excluding carboxylic acids is 1. The van der Waals surface area contributed by atoms with Crippen LogP contribution in [0.5, 0.6) is 0 Å². The van der Waals surface area contributed by atoms with E-state index < -0.39 is 0 Å². The number of amides is 1. The molecule has 0 radical (unpaired) electrons. The van der Waals surface area contributed by atoms with Gasteiger partial charge in [0.05, 0.1) is 12.7 Å². The topological polar surface area (TPSA) is 68.0 Å². The van der Waals surface area contributed by atoms with E-state index in [0.717, 1.165) is 44.7 Å². The van der Waals surface area contributed by atoms with Crippen LogP contribution in [-0.4, -0.2) is 50.0 Å². The van der Waals surface area contributed by atoms with Crippen LogP contribution in [0.2, 0.25) is 0 Å². The van der Waals surface area contributed by atoms with Crippen LogP contribution in [0.1, 0.15) is 37.8 Å². The van der Waals surface area contributed by atoms with Crippen molar-refractivity contribution in [1.82, 2.24) is 24.5 Å². The van der Waals surface area contributed by atoms with E-state index in [2.05, 4.69) is 33.4 Å². The highest BCUT2D eigenvalue weighted by atomic mass is 16.2. The summed E-state index contributed by atoms with van der Waals surface area (Å²) >= 11 is 0. The number of hydrogen-bond donors (Lipinski definition) is 1. The zero-order chi connectivity index (χ0) is 16.9. The second kappa shape index (κ2) is 7.61. The number of aryl methyl sites for hydroxylation is 2. The van der Waals surface area contributed by atoms with Crippen LogP contribution in [0.4, 0.5) is 5.82 Å². The molecule has 0 spiro atoms. The van der Waals surface area contributed by atoms with Gasteiger partial charge in [0, 0.05) is 37.5 Å². The predicted molar refractivity (Wildman–Crippen MR) is 92.8 cm³/mol. The minimum Gasteiger partial charge on any atom is -0.310 e. The highest BCUT2D eigenvalue weighted by Gasteiger charge is 2.23. The predicted octanol–water partition coefficient (Wildman–Crippen LogP) is 1.84. The fourth-order valence-corrected chi connectivity index (χ4v) is 3.39. The van der Waals surface area contributed by atoms with Crippen molar-refractivity contribution in [2.45, 2.75) is 38.6 Å². The van der Waals surface area contributed by atoms with Gasteiger partial charge in [-0.1, -0.05) is 6.92 Å². The number of carbonyl (C=O) groups is 1. The van der Waals surface area contributed by atoms with Crippen molar-refractivity contribution in [3.63, 3.8) is 0 Å². The van der Waals surface area contributed by atoms with E-state index in [4.69, 9.17) is 0 Å². The standard InChI is InChI=1S/C17H26N6O/c1-3-10-23-16(5-9-19-23)20-17(24)13-22-11-6-14(7-12-22)15-4-8-18-21(15)2/h4-5,8-9,14H,3,6-7,10-13H2,1-2H3,(H,20,24). The van der Waals surface area contributed by atoms with Gasteiger partial charge in [0.1, 0.15) is 5.82 Å². The van der Waals surface area contributed by atoms with Crippen molar-refractivity contribution < 1.29 is 4.79 Å². The number of nitrogens with one attached hydrogen (secondary N) is 1. The Morgan fingerprint density at radius 1 is 1.25 bits per heavy atom. The molecule has 0 bridgehead atoms. The second-order valence-electron chi connectivity index (χ2n) is 6.42. The number of piperidine rings is 1. The first-order valence-electron chi connectivity index (χ1n) is 8.69. The summed E-state index contributed by atoms with van der Waals surface area (Å²) in [5.74, 6) is 1.36. The summed E-state index contributed by atoms with van der Waals surface area (Å²) in [5, 5.41) is 11.5. The Kier molecular flexibility index (Phi) is 5.30. The van der Waals surface area contributed by atoms with Gasteiger partial charge in [-0.25, -0.2) is 4.68 Å². The minimum absolute atomic E-state index is 0.0341. The molecule has 7 heteroatoms. The van der Waals surface area contributed by atoms with Crippen molar-refractivity contribution in [2.75, 3.05) is 25.0 Å². The fourth-order valence-electron chi connectivity index (χ4n) is 3.39. The van der Waals surface area contributed by atoms with E-state index in [0.29, 0.717) is 12.5 Å². The lowest BCUT2D eigenvalue weighted by atomic mass is 9.93. The maximum absolute atomic E-state index is 12.3. The molecule has 0 aromatic carbocycles. The van der Waals surface area contributed by atoms with E-state index in [-0.39, 0.29) is 5.91 Å². The molecule has 1 fully saturated rings. The van der Waals surface area contributed by atoms with Crippen LogP contribution in [0, 0.1) is 0 Å². The molecule has 1 aliphatic heterocycles. The minimum atomic E-state index is 0.0341. The molecule has 0 unspecified atom stereocenters. The third kappa shape index (κ3) is 3.84. The van der Waals surface area contributed by atoms with E-state index in [1.165, 1.54) is 5.69 Å². The van der Waals surface area contributed by atoms with Gasteiger partial charge in [-0.3, -0.25) is 14.4 Å². The summed E-state index contributed by atoms with van der Waals surface area (Å²) in [6.45, 7) is 5.24. The molecule has 2 aromatic rings. The van der Waals surface area contributed by atoms with Crippen molar-refractivity contribution in [3.05, 3.63) is 30.2 Å². The number of likely N-dealkylation sites (tertiary alicyclic amines) is 1. The molecule has 1 saturated heterocycles. The highest BCUT2D eigenvalue weighted by Crippen LogP contribution is 2.27. The summed E-state index contributed by atoms with van der Waals surface area (Å²) in [5.41, 5.74) is 1.29. The Balaban J connectivity index is 1.48. The molecule has 1 aliphatic rings. The zero-order valence-electron chi connectivity index (χ0n) is 14.5. The monoisotopic (exact) mass is 330 g/mol. The number of anilines is 1. The first-order valence-corrected chi connectivity index (χ1v) is 8.69. The fraction of sp³-hybridized carbons (Fsp3) is 0.588. The average molecular weight is 330 g/mol. The Bertz CT molecular complexity index is 668. The molecule has 2 aromatic heterocycles. The Labute approximate surface area is 142 Å². The molecule has 1 amide bonds. The maximum atomic E-state index is 12.3. The molecule has 0 atom stereocenters. The van der Waals surface area contributed by atoms with E-state index in [1.54, 1.807) is 6.20 Å². The molecule has 0 saturated carbocycles. The van der Waals surface area contributed by atoms with Gasteiger partial charge in [0.25, 0.3) is 0 Å². The SMILES string of the molecule is CCCn1nccc1NC(=O)CN1CCC(c2ccnn2C)CC1. The van der Waals surface area contributed by atoms with Gasteiger partial charge >= 0.3 is 0 Å². The van der Waals surface area contributed by atoms with Gasteiger partial charge in [0.15, 0.2) is 0 Å². The smallest absolute Gasteiger partial charge is 0.239 e. The number of hydrogen-bond acceptors (Lipinski definition) is 4. The molecule has 7 nitrogen and oxygen atoms in total. The van der Waals surface area contributed by atoms with Gasteiger partial charge < -0.3 is 5.32 Å². The molecular formula is C17H26N6O. The number of aromatic nitrogens is 4. The first kappa shape index (κ1) is 16.7. The van der Waals surface area contributed by atoms with Crippen LogP contribution in [0.15, 0.2) is 24.5 Å². The molecule has 1 N–H and O–H groups in total. The van der Waals surface area contributed by atoms with Crippen molar-refractivity contribution in [3.8, 4) is 0 Å². The van der Waals surface area contributed by atoms with Gasteiger partial charge in [0.2, 0.25) is 5.91 Å². The lowest BCUT2D eigenvalue weighted by Crippen LogP contribution is -2.39. The first-order chi connectivity index (χ1) is 11.7. The van der Waals surface area contributed by atoms with Crippen LogP contribution < -0.4 is 5.32 Å². The van der Waals surface area contributed by atoms with Crippen LogP contribution in [0.25, 0.3) is 0 Å². The largest absolute Gasteiger partial charge is 0.310 e. The lowest BCUT2D eigenvalue weighted by molar-refractivity contribution is -0.117. The summed E-state index contributed by atoms with van der Waals surface area (Å²) in [4.78, 5) is 14.5. The van der Waals surface area contributed by atoms with Crippen LogP contribution in [-0.2, 0) is 18.4 Å². The third-order valence-corrected chi connectivity index (χ3v) is 4.65. The summed E-state index contributed by atoms with van der Waals surface area (Å²) in [7, 11) is 1.99. The number of nitrogens with zero attached hydrogens (tertiary/aromatic N) is 5. The van der Waals surface area contributed by atoms with Crippen LogP contribution in [0.3, 0.4) is 0 Å². The summed E-state index contributed by atoms with van der Waals surface area (Å²) in [6.07, 6.45) is 6.71. The van der Waals surface area contributed by atoms with E-state index in [9.17, 15) is 4.79 Å². The molecular weight excluding hydrogens is 304 g/mol. The van der Waals surface area contributed by atoms with Gasteiger partial charge in [-0.2, -0.15) is 10.2 Å². The average Bonchev–Trinajstić information content (AvgIpc) is 3.18. The number of rotatable bonds is 6. The zero-order valence-corrected chi connectivity index (χ0v) is 14.5. The van der Waals surface area contributed by atoms with Crippen molar-refractivity contribution in [2.24, 2.45) is 7.05 Å². The summed E-state index contributed by atoms with van der Waals surface area (Å²) < 4.78 is 3.80. The normalized spacial score (nSPS) is 16.4. The molecule has 130 valence electrons. The Morgan fingerprint density at radius 2 is 2.00 bits per heavy atom. The second-order valence-corrected chi connectivity index (χ2v) is 6.42. The van der Waals surface area contributed by atoms with Gasteiger partial charge in [-0.05, 0) is 38.4 Å². The van der Waals surface area contributed by atoms with Crippen LogP contribution >= 0.6 is 0 Å². The Hall–Kier alpha value is -2.15. The van der Waals surface area contributed by atoms with Crippen molar-refractivity contribution >= 4 is 11.7 Å². The molecule has 24 heavy (non-hydrogen) atoms. The third-order valence-electron chi connectivity index (χ3n) is 4.65. The maximum Gasteiger partial charge on any atom is 0.239 e. The summed E-state index contributed by atoms with van der Waals surface area (Å²) in [6, 6.07) is 3.95.